The van der Waals surface area contributed by atoms with Crippen LogP contribution in [0.3, 0.4) is 0 Å². The fraction of sp³-hybridized carbons (Fsp3) is 0.500. The third-order valence-electron chi connectivity index (χ3n) is 0.985. The van der Waals surface area contributed by atoms with Crippen molar-refractivity contribution in [2.45, 2.75) is 13.3 Å². The standard InChI is InChI=1S/C8H10ClNO2S/c1-3-5-10(2)6-8-13-12-11-7-4-9/h3,5H2,1-2H3. The number of hydrogen-bond donors (Lipinski definition) is 0. The van der Waals surface area contributed by atoms with Gasteiger partial charge in [0, 0.05) is 24.9 Å². The molecule has 0 unspecified atom stereocenters. The van der Waals surface area contributed by atoms with E-state index < -0.39 is 0 Å². The molecule has 0 bridgehead atoms. The van der Waals surface area contributed by atoms with Crippen molar-refractivity contribution in [2.24, 2.45) is 0 Å². The van der Waals surface area contributed by atoms with Gasteiger partial charge in [0.1, 0.15) is 12.0 Å². The van der Waals surface area contributed by atoms with Crippen molar-refractivity contribution < 1.29 is 9.22 Å². The number of halogens is 1. The summed E-state index contributed by atoms with van der Waals surface area (Å²) in [4.78, 5) is 6.14. The van der Waals surface area contributed by atoms with Crippen LogP contribution < -0.4 is 0 Å². The van der Waals surface area contributed by atoms with Crippen LogP contribution in [0.2, 0.25) is 0 Å². The van der Waals surface area contributed by atoms with Crippen molar-refractivity contribution >= 4 is 23.6 Å². The fourth-order valence-corrected chi connectivity index (χ4v) is 0.881. The van der Waals surface area contributed by atoms with Crippen LogP contribution in [-0.2, 0) is 9.22 Å². The third-order valence-corrected chi connectivity index (χ3v) is 1.37. The Kier molecular flexibility index (Phi) is 8.92. The number of rotatable bonds is 4. The van der Waals surface area contributed by atoms with E-state index in [1.165, 1.54) is 0 Å². The second-order valence-corrected chi connectivity index (χ2v) is 2.76. The van der Waals surface area contributed by atoms with Gasteiger partial charge in [0.05, 0.1) is 5.38 Å². The lowest BCUT2D eigenvalue weighted by Crippen LogP contribution is -2.11. The molecule has 5 heteroatoms. The van der Waals surface area contributed by atoms with Crippen molar-refractivity contribution in [1.29, 1.82) is 0 Å². The molecule has 0 fully saturated rings. The molecule has 0 spiro atoms. The van der Waals surface area contributed by atoms with Gasteiger partial charge in [-0.15, -0.1) is 0 Å². The highest BCUT2D eigenvalue weighted by Gasteiger charge is 1.86. The zero-order valence-electron chi connectivity index (χ0n) is 7.46. The first-order chi connectivity index (χ1) is 6.31. The zero-order chi connectivity index (χ0) is 9.94. The van der Waals surface area contributed by atoms with Crippen LogP contribution in [0.15, 0.2) is 0 Å². The summed E-state index contributed by atoms with van der Waals surface area (Å²) in [5.41, 5.74) is 0. The number of hydrogen-bond acceptors (Lipinski definition) is 4. The van der Waals surface area contributed by atoms with Gasteiger partial charge in [-0.1, -0.05) is 11.3 Å². The van der Waals surface area contributed by atoms with Crippen LogP contribution in [0.25, 0.3) is 0 Å². The Bertz CT molecular complexity index is 238. The van der Waals surface area contributed by atoms with E-state index in [0.29, 0.717) is 0 Å². The van der Waals surface area contributed by atoms with Gasteiger partial charge in [-0.2, -0.15) is 0 Å². The second kappa shape index (κ2) is 9.41. The summed E-state index contributed by atoms with van der Waals surface area (Å²) >= 11 is 5.85. The Morgan fingerprint density at radius 1 is 1.54 bits per heavy atom. The predicted octanol–water partition coefficient (Wildman–Crippen LogP) is 2.00. The van der Waals surface area contributed by atoms with Gasteiger partial charge in [-0.3, -0.25) is 4.89 Å². The molecular formula is C8H10ClNO2S. The predicted molar refractivity (Wildman–Crippen MR) is 54.1 cm³/mol. The molecule has 0 aromatic heterocycles. The molecular weight excluding hydrogens is 210 g/mol. The Labute approximate surface area is 87.8 Å². The minimum absolute atomic E-state index is 0.861. The van der Waals surface area contributed by atoms with Gasteiger partial charge in [0.15, 0.2) is 6.11 Å². The summed E-state index contributed by atoms with van der Waals surface area (Å²) < 4.78 is 4.46. The van der Waals surface area contributed by atoms with E-state index in [-0.39, 0.29) is 0 Å². The van der Waals surface area contributed by atoms with Crippen molar-refractivity contribution in [2.75, 3.05) is 13.6 Å². The first-order valence-corrected chi connectivity index (χ1v) is 4.74. The second-order valence-electron chi connectivity index (χ2n) is 2.07. The smallest absolute Gasteiger partial charge is 0.176 e. The van der Waals surface area contributed by atoms with Crippen molar-refractivity contribution in [3.05, 3.63) is 0 Å². The van der Waals surface area contributed by atoms with E-state index in [4.69, 9.17) is 11.6 Å². The van der Waals surface area contributed by atoms with Crippen LogP contribution in [0.4, 0.5) is 0 Å². The molecule has 72 valence electrons. The fourth-order valence-electron chi connectivity index (χ4n) is 0.555. The monoisotopic (exact) mass is 219 g/mol. The molecule has 0 saturated heterocycles. The Hall–Kier alpha value is -0.680. The molecule has 0 rings (SSSR count). The number of nitrogens with zero attached hydrogens (tertiary/aromatic N) is 1. The quantitative estimate of drug-likeness (QED) is 0.180. The summed E-state index contributed by atoms with van der Waals surface area (Å²) in [6, 6.07) is 2.82. The lowest BCUT2D eigenvalue weighted by molar-refractivity contribution is -0.111. The van der Waals surface area contributed by atoms with Gasteiger partial charge in [-0.25, -0.2) is 0 Å². The molecule has 0 atom stereocenters. The first kappa shape index (κ1) is 12.3. The van der Waals surface area contributed by atoms with E-state index in [9.17, 15) is 0 Å². The molecule has 0 aliphatic rings. The van der Waals surface area contributed by atoms with Crippen LogP contribution in [0, 0.1) is 22.8 Å². The topological polar surface area (TPSA) is 21.7 Å². The highest BCUT2D eigenvalue weighted by atomic mass is 35.5. The van der Waals surface area contributed by atoms with E-state index >= 15 is 0 Å². The maximum atomic E-state index is 4.99. The Balaban J connectivity index is 3.41. The van der Waals surface area contributed by atoms with Crippen molar-refractivity contribution in [3.63, 3.8) is 0 Å². The summed E-state index contributed by atoms with van der Waals surface area (Å²) in [5, 5.41) is 4.65. The molecule has 0 N–H and O–H groups in total. The van der Waals surface area contributed by atoms with Gasteiger partial charge in [0.25, 0.3) is 0 Å². The van der Waals surface area contributed by atoms with Crippen LogP contribution in [0.1, 0.15) is 13.3 Å². The zero-order valence-corrected chi connectivity index (χ0v) is 9.04. The Morgan fingerprint density at radius 2 is 2.31 bits per heavy atom. The highest BCUT2D eigenvalue weighted by Crippen LogP contribution is 1.99. The largest absolute Gasteiger partial charge is 0.335 e. The molecule has 0 saturated carbocycles. The summed E-state index contributed by atoms with van der Waals surface area (Å²) in [6.45, 7) is 3.01. The summed E-state index contributed by atoms with van der Waals surface area (Å²) in [5.74, 6) is 0. The molecule has 3 nitrogen and oxygen atoms in total. The van der Waals surface area contributed by atoms with Crippen LogP contribution in [0.5, 0.6) is 0 Å². The SMILES string of the molecule is CCCN(C)C#CSOOC#CCl. The lowest BCUT2D eigenvalue weighted by Gasteiger charge is -2.06. The van der Waals surface area contributed by atoms with Crippen LogP contribution >= 0.6 is 23.6 Å². The lowest BCUT2D eigenvalue weighted by atomic mass is 10.5. The molecule has 0 heterocycles. The highest BCUT2D eigenvalue weighted by molar-refractivity contribution is 7.99. The first-order valence-electron chi connectivity index (χ1n) is 3.62. The minimum atomic E-state index is 0.861. The summed E-state index contributed by atoms with van der Waals surface area (Å²) in [6.07, 6.45) is 3.11. The van der Waals surface area contributed by atoms with Crippen LogP contribution in [-0.4, -0.2) is 18.5 Å². The molecule has 0 aromatic rings. The summed E-state index contributed by atoms with van der Waals surface area (Å²) in [7, 11) is 1.90. The molecule has 13 heavy (non-hydrogen) atoms. The van der Waals surface area contributed by atoms with Gasteiger partial charge in [-0.05, 0) is 18.0 Å². The third kappa shape index (κ3) is 9.23. The van der Waals surface area contributed by atoms with E-state index in [2.05, 4.69) is 33.5 Å². The average molecular weight is 220 g/mol. The maximum Gasteiger partial charge on any atom is 0.176 e. The van der Waals surface area contributed by atoms with E-state index in [1.807, 2.05) is 17.3 Å². The van der Waals surface area contributed by atoms with Gasteiger partial charge >= 0.3 is 0 Å². The average Bonchev–Trinajstić information content (AvgIpc) is 2.11. The molecule has 0 amide bonds. The minimum Gasteiger partial charge on any atom is -0.335 e. The Morgan fingerprint density at radius 3 is 2.92 bits per heavy atom. The molecule has 0 radical (unpaired) electrons. The molecule has 0 aromatic carbocycles. The van der Waals surface area contributed by atoms with Gasteiger partial charge in [0.2, 0.25) is 0 Å². The normalized spacial score (nSPS) is 7.62. The molecule has 0 aliphatic carbocycles. The van der Waals surface area contributed by atoms with E-state index in [0.717, 1.165) is 25.0 Å². The van der Waals surface area contributed by atoms with Gasteiger partial charge < -0.3 is 4.90 Å². The van der Waals surface area contributed by atoms with E-state index in [1.54, 1.807) is 0 Å². The van der Waals surface area contributed by atoms with Crippen molar-refractivity contribution in [1.82, 2.24) is 4.90 Å². The molecule has 0 aliphatic heterocycles. The van der Waals surface area contributed by atoms with Crippen molar-refractivity contribution in [3.8, 4) is 22.8 Å². The maximum absolute atomic E-state index is 4.99.